The lowest BCUT2D eigenvalue weighted by Gasteiger charge is -1.97. The number of hydrogen-bond donors (Lipinski definition) is 0. The third-order valence-corrected chi connectivity index (χ3v) is 1.87. The molecule has 52 valence electrons. The highest BCUT2D eigenvalue weighted by atomic mass is 32.1. The van der Waals surface area contributed by atoms with Gasteiger partial charge in [-0.15, -0.1) is 0 Å². The lowest BCUT2D eigenvalue weighted by Crippen LogP contribution is -1.89. The Bertz CT molecular complexity index is 197. The summed E-state index contributed by atoms with van der Waals surface area (Å²) in [5.41, 5.74) is 2.22. The van der Waals surface area contributed by atoms with E-state index in [1.54, 1.807) is 0 Å². The van der Waals surface area contributed by atoms with Gasteiger partial charge in [0.2, 0.25) is 0 Å². The van der Waals surface area contributed by atoms with Crippen LogP contribution in [0.2, 0.25) is 0 Å². The van der Waals surface area contributed by atoms with Gasteiger partial charge < -0.3 is 0 Å². The van der Waals surface area contributed by atoms with E-state index in [4.69, 9.17) is 0 Å². The van der Waals surface area contributed by atoms with Crippen molar-refractivity contribution in [1.82, 2.24) is 8.75 Å². The van der Waals surface area contributed by atoms with E-state index >= 15 is 0 Å². The van der Waals surface area contributed by atoms with Gasteiger partial charge in [-0.05, 0) is 12.8 Å². The molecule has 0 N–H and O–H groups in total. The minimum absolute atomic E-state index is 0. The van der Waals surface area contributed by atoms with E-state index in [1.807, 2.05) is 6.92 Å². The van der Waals surface area contributed by atoms with Crippen molar-refractivity contribution in [2.75, 3.05) is 0 Å². The van der Waals surface area contributed by atoms with Crippen LogP contribution >= 0.6 is 11.7 Å². The molecule has 0 saturated heterocycles. The van der Waals surface area contributed by atoms with Gasteiger partial charge in [-0.1, -0.05) is 13.8 Å². The Balaban J connectivity index is 0.000000810. The van der Waals surface area contributed by atoms with Crippen molar-refractivity contribution in [2.45, 2.75) is 26.7 Å². The van der Waals surface area contributed by atoms with E-state index in [9.17, 15) is 0 Å². The lowest BCUT2D eigenvalue weighted by molar-refractivity contribution is 0.826. The van der Waals surface area contributed by atoms with Gasteiger partial charge in [-0.3, -0.25) is 0 Å². The fourth-order valence-corrected chi connectivity index (χ4v) is 1.45. The number of aryl methyl sites for hydroxylation is 1. The van der Waals surface area contributed by atoms with Crippen LogP contribution in [0.1, 0.15) is 32.6 Å². The minimum atomic E-state index is 0. The van der Waals surface area contributed by atoms with E-state index in [-0.39, 0.29) is 1.43 Å². The molecule has 9 heavy (non-hydrogen) atoms. The fourth-order valence-electron chi connectivity index (χ4n) is 0.762. The molecule has 1 rings (SSSR count). The normalized spacial score (nSPS) is 10.7. The predicted molar refractivity (Wildman–Crippen MR) is 40.8 cm³/mol. The largest absolute Gasteiger partial charge is 0.178 e. The molecule has 1 aromatic heterocycles. The lowest BCUT2D eigenvalue weighted by atomic mass is 10.1. The third kappa shape index (κ3) is 1.27. The van der Waals surface area contributed by atoms with Crippen LogP contribution in [0, 0.1) is 6.92 Å². The van der Waals surface area contributed by atoms with Gasteiger partial charge in [0.15, 0.2) is 0 Å². The molecule has 0 aliphatic carbocycles. The zero-order chi connectivity index (χ0) is 6.85. The molecule has 0 atom stereocenters. The van der Waals surface area contributed by atoms with Crippen molar-refractivity contribution in [3.05, 3.63) is 11.4 Å². The summed E-state index contributed by atoms with van der Waals surface area (Å²) in [6.07, 6.45) is 0. The summed E-state index contributed by atoms with van der Waals surface area (Å²) in [5, 5.41) is 0. The van der Waals surface area contributed by atoms with Gasteiger partial charge in [-0.2, -0.15) is 8.75 Å². The Kier molecular flexibility index (Phi) is 1.81. The molecular weight excluding hydrogens is 132 g/mol. The standard InChI is InChI=1S/C6H10N2S.H2/c1-4(2)6-5(3)7-9-8-6;/h4H,1-3H3;1H. The predicted octanol–water partition coefficient (Wildman–Crippen LogP) is 2.22. The van der Waals surface area contributed by atoms with Crippen LogP contribution in [-0.2, 0) is 0 Å². The van der Waals surface area contributed by atoms with Crippen molar-refractivity contribution in [2.24, 2.45) is 0 Å². The van der Waals surface area contributed by atoms with Crippen molar-refractivity contribution < 1.29 is 1.43 Å². The second-order valence-corrected chi connectivity index (χ2v) is 2.92. The molecule has 3 heteroatoms. The first-order chi connectivity index (χ1) is 4.22. The Hall–Kier alpha value is -0.440. The molecule has 0 aliphatic rings. The minimum Gasteiger partial charge on any atom is -0.178 e. The second-order valence-electron chi connectivity index (χ2n) is 2.39. The van der Waals surface area contributed by atoms with Crippen molar-refractivity contribution in [1.29, 1.82) is 0 Å². The quantitative estimate of drug-likeness (QED) is 0.604. The van der Waals surface area contributed by atoms with Gasteiger partial charge in [0.25, 0.3) is 0 Å². The second kappa shape index (κ2) is 2.43. The van der Waals surface area contributed by atoms with E-state index in [1.165, 1.54) is 11.7 Å². The summed E-state index contributed by atoms with van der Waals surface area (Å²) in [7, 11) is 0. The van der Waals surface area contributed by atoms with E-state index in [0.29, 0.717) is 5.92 Å². The molecule has 0 bridgehead atoms. The molecule has 0 amide bonds. The van der Waals surface area contributed by atoms with Gasteiger partial charge in [0, 0.05) is 1.43 Å². The van der Waals surface area contributed by atoms with Crippen LogP contribution in [0.5, 0.6) is 0 Å². The van der Waals surface area contributed by atoms with E-state index in [2.05, 4.69) is 22.6 Å². The zero-order valence-electron chi connectivity index (χ0n) is 5.88. The molecule has 1 heterocycles. The maximum atomic E-state index is 4.15. The van der Waals surface area contributed by atoms with Crippen LogP contribution in [0.15, 0.2) is 0 Å². The summed E-state index contributed by atoms with van der Waals surface area (Å²) in [6.45, 7) is 6.26. The van der Waals surface area contributed by atoms with Crippen LogP contribution in [-0.4, -0.2) is 8.75 Å². The molecular formula is C6H12N2S. The summed E-state index contributed by atoms with van der Waals surface area (Å²) in [6, 6.07) is 0. The molecule has 1 aromatic rings. The molecule has 0 unspecified atom stereocenters. The van der Waals surface area contributed by atoms with Crippen LogP contribution in [0.3, 0.4) is 0 Å². The first-order valence-electron chi connectivity index (χ1n) is 3.01. The smallest absolute Gasteiger partial charge is 0.0797 e. The van der Waals surface area contributed by atoms with Crippen molar-refractivity contribution >= 4 is 11.7 Å². The molecule has 0 spiro atoms. The maximum Gasteiger partial charge on any atom is 0.0797 e. The highest BCUT2D eigenvalue weighted by Gasteiger charge is 2.05. The van der Waals surface area contributed by atoms with Gasteiger partial charge in [-0.25, -0.2) is 0 Å². The summed E-state index contributed by atoms with van der Waals surface area (Å²) >= 11 is 1.29. The van der Waals surface area contributed by atoms with Crippen molar-refractivity contribution in [3.8, 4) is 0 Å². The average molecular weight is 144 g/mol. The highest BCUT2D eigenvalue weighted by Crippen LogP contribution is 2.15. The molecule has 0 aromatic carbocycles. The number of rotatable bonds is 1. The number of aromatic nitrogens is 2. The Morgan fingerprint density at radius 3 is 2.33 bits per heavy atom. The molecule has 0 fully saturated rings. The molecule has 0 aliphatic heterocycles. The van der Waals surface area contributed by atoms with E-state index in [0.717, 1.165) is 11.4 Å². The van der Waals surface area contributed by atoms with Crippen LogP contribution in [0.4, 0.5) is 0 Å². The number of hydrogen-bond acceptors (Lipinski definition) is 3. The fraction of sp³-hybridized carbons (Fsp3) is 0.667. The van der Waals surface area contributed by atoms with E-state index < -0.39 is 0 Å². The molecule has 2 nitrogen and oxygen atoms in total. The molecule has 0 radical (unpaired) electrons. The topological polar surface area (TPSA) is 25.8 Å². The summed E-state index contributed by atoms with van der Waals surface area (Å²) < 4.78 is 8.21. The zero-order valence-corrected chi connectivity index (χ0v) is 6.70. The Labute approximate surface area is 60.7 Å². The SMILES string of the molecule is Cc1nsnc1C(C)C.[HH]. The van der Waals surface area contributed by atoms with Gasteiger partial charge in [0.05, 0.1) is 23.1 Å². The van der Waals surface area contributed by atoms with Crippen LogP contribution < -0.4 is 0 Å². The van der Waals surface area contributed by atoms with Crippen LogP contribution in [0.25, 0.3) is 0 Å². The first kappa shape index (κ1) is 6.68. The highest BCUT2D eigenvalue weighted by molar-refractivity contribution is 6.99. The van der Waals surface area contributed by atoms with Crippen molar-refractivity contribution in [3.63, 3.8) is 0 Å². The summed E-state index contributed by atoms with van der Waals surface area (Å²) in [4.78, 5) is 0. The maximum absolute atomic E-state index is 4.15. The summed E-state index contributed by atoms with van der Waals surface area (Å²) in [5.74, 6) is 0.517. The Morgan fingerprint density at radius 1 is 1.44 bits per heavy atom. The average Bonchev–Trinajstić information content (AvgIpc) is 2.13. The monoisotopic (exact) mass is 144 g/mol. The van der Waals surface area contributed by atoms with Gasteiger partial charge >= 0.3 is 0 Å². The first-order valence-corrected chi connectivity index (χ1v) is 3.74. The third-order valence-electron chi connectivity index (χ3n) is 1.23. The number of nitrogens with zero attached hydrogens (tertiary/aromatic N) is 2. The molecule has 0 saturated carbocycles. The van der Waals surface area contributed by atoms with Gasteiger partial charge in [0.1, 0.15) is 0 Å². The Morgan fingerprint density at radius 2 is 2.11 bits per heavy atom.